The highest BCUT2D eigenvalue weighted by Crippen LogP contribution is 2.41. The van der Waals surface area contributed by atoms with Crippen LogP contribution < -0.4 is 10.4 Å². The lowest BCUT2D eigenvalue weighted by molar-refractivity contribution is -0.0645. The first-order chi connectivity index (χ1) is 10.4. The first-order valence-electron chi connectivity index (χ1n) is 6.88. The zero-order chi connectivity index (χ0) is 15.9. The summed E-state index contributed by atoms with van der Waals surface area (Å²) >= 11 is 0. The van der Waals surface area contributed by atoms with Crippen LogP contribution in [0.1, 0.15) is 31.0 Å². The maximum absolute atomic E-state index is 12.1. The molecular weight excluding hydrogens is 282 g/mol. The Morgan fingerprint density at radius 3 is 2.91 bits per heavy atom. The minimum Gasteiger partial charge on any atom is -0.485 e. The molecule has 22 heavy (non-hydrogen) atoms. The third-order valence-electron chi connectivity index (χ3n) is 3.88. The van der Waals surface area contributed by atoms with E-state index in [1.165, 1.54) is 10.8 Å². The van der Waals surface area contributed by atoms with E-state index in [1.54, 1.807) is 44.3 Å². The van der Waals surface area contributed by atoms with E-state index in [0.717, 1.165) is 0 Å². The molecule has 2 aromatic rings. The van der Waals surface area contributed by atoms with E-state index in [1.807, 2.05) is 0 Å². The maximum atomic E-state index is 12.1. The van der Waals surface area contributed by atoms with Crippen LogP contribution in [-0.2, 0) is 0 Å². The van der Waals surface area contributed by atoms with Gasteiger partial charge >= 0.3 is 5.69 Å². The van der Waals surface area contributed by atoms with Crippen LogP contribution in [0.2, 0.25) is 0 Å². The fraction of sp³-hybridized carbons (Fsp3) is 0.312. The number of ether oxygens (including phenoxy) is 1. The lowest BCUT2D eigenvalue weighted by Crippen LogP contribution is -2.52. The smallest absolute Gasteiger partial charge is 0.348 e. The van der Waals surface area contributed by atoms with Gasteiger partial charge in [0.1, 0.15) is 17.5 Å². The molecular formula is C16H15N3O3. The monoisotopic (exact) mass is 297 g/mol. The highest BCUT2D eigenvalue weighted by Gasteiger charge is 2.44. The van der Waals surface area contributed by atoms with Gasteiger partial charge in [0.25, 0.3) is 0 Å². The molecule has 3 rings (SSSR count). The number of rotatable bonds is 1. The average Bonchev–Trinajstić information content (AvgIpc) is 2.49. The molecule has 1 aliphatic rings. The van der Waals surface area contributed by atoms with Crippen molar-refractivity contribution in [3.05, 3.63) is 58.3 Å². The molecule has 0 fully saturated rings. The fourth-order valence-corrected chi connectivity index (χ4v) is 2.72. The molecule has 1 aromatic heterocycles. The minimum absolute atomic E-state index is 0.441. The van der Waals surface area contributed by atoms with Gasteiger partial charge < -0.3 is 9.84 Å². The molecule has 2 heterocycles. The van der Waals surface area contributed by atoms with Gasteiger partial charge in [-0.3, -0.25) is 4.57 Å². The number of aromatic nitrogens is 2. The zero-order valence-electron chi connectivity index (χ0n) is 12.2. The molecule has 0 bridgehead atoms. The van der Waals surface area contributed by atoms with Crippen LogP contribution in [0.4, 0.5) is 0 Å². The van der Waals surface area contributed by atoms with Gasteiger partial charge in [-0.2, -0.15) is 5.26 Å². The van der Waals surface area contributed by atoms with Gasteiger partial charge in [-0.1, -0.05) is 0 Å². The van der Waals surface area contributed by atoms with E-state index >= 15 is 0 Å². The van der Waals surface area contributed by atoms with Crippen molar-refractivity contribution in [3.63, 3.8) is 0 Å². The maximum Gasteiger partial charge on any atom is 0.348 e. The Morgan fingerprint density at radius 1 is 1.45 bits per heavy atom. The summed E-state index contributed by atoms with van der Waals surface area (Å²) in [6, 6.07) is 8.01. The Kier molecular flexibility index (Phi) is 3.23. The topological polar surface area (TPSA) is 88.1 Å². The van der Waals surface area contributed by atoms with E-state index in [0.29, 0.717) is 16.9 Å². The second-order valence-electron chi connectivity index (χ2n) is 5.77. The molecule has 6 heteroatoms. The number of benzene rings is 1. The Morgan fingerprint density at radius 2 is 2.23 bits per heavy atom. The van der Waals surface area contributed by atoms with E-state index in [4.69, 9.17) is 10.00 Å². The van der Waals surface area contributed by atoms with Gasteiger partial charge in [-0.15, -0.1) is 0 Å². The highest BCUT2D eigenvalue weighted by atomic mass is 16.5. The minimum atomic E-state index is -0.962. The average molecular weight is 297 g/mol. The van der Waals surface area contributed by atoms with Crippen LogP contribution >= 0.6 is 0 Å². The standard InChI is InChI=1S/C16H15N3O3/c1-16(2)14(20)13(19-7-3-6-18-15(19)21)11-8-10(9-17)4-5-12(11)22-16/h3-8,13-14,20H,1-2H3/t13?,14-/m0/s1. The van der Waals surface area contributed by atoms with Crippen molar-refractivity contribution in [2.45, 2.75) is 31.6 Å². The third kappa shape index (κ3) is 2.16. The molecule has 0 radical (unpaired) electrons. The second-order valence-corrected chi connectivity index (χ2v) is 5.77. The molecule has 0 spiro atoms. The summed E-state index contributed by atoms with van der Waals surface area (Å²) in [4.78, 5) is 15.8. The van der Waals surface area contributed by atoms with Crippen molar-refractivity contribution in [3.8, 4) is 11.8 Å². The molecule has 6 nitrogen and oxygen atoms in total. The number of nitrogens with zero attached hydrogens (tertiary/aromatic N) is 3. The fourth-order valence-electron chi connectivity index (χ4n) is 2.72. The largest absolute Gasteiger partial charge is 0.485 e. The van der Waals surface area contributed by atoms with Crippen molar-refractivity contribution in [2.75, 3.05) is 0 Å². The molecule has 1 unspecified atom stereocenters. The molecule has 1 aliphatic heterocycles. The molecule has 2 atom stereocenters. The molecule has 0 saturated heterocycles. The summed E-state index contributed by atoms with van der Waals surface area (Å²) < 4.78 is 7.20. The highest BCUT2D eigenvalue weighted by molar-refractivity contribution is 5.46. The number of aliphatic hydroxyl groups is 1. The summed E-state index contributed by atoms with van der Waals surface area (Å²) in [5, 5.41) is 19.8. The lowest BCUT2D eigenvalue weighted by Gasteiger charge is -2.42. The number of hydrogen-bond donors (Lipinski definition) is 1. The van der Waals surface area contributed by atoms with Gasteiger partial charge in [-0.05, 0) is 38.1 Å². The van der Waals surface area contributed by atoms with Crippen LogP contribution in [0.25, 0.3) is 0 Å². The van der Waals surface area contributed by atoms with Gasteiger partial charge in [0.2, 0.25) is 0 Å². The predicted octanol–water partition coefficient (Wildman–Crippen LogP) is 1.24. The lowest BCUT2D eigenvalue weighted by atomic mass is 9.85. The summed E-state index contributed by atoms with van der Waals surface area (Å²) in [5.41, 5.74) is -0.295. The SMILES string of the molecule is CC1(C)Oc2ccc(C#N)cc2C(n2cccnc2=O)[C@@H]1O. The van der Waals surface area contributed by atoms with E-state index in [9.17, 15) is 9.90 Å². The molecule has 1 N–H and O–H groups in total. The van der Waals surface area contributed by atoms with Crippen molar-refractivity contribution < 1.29 is 9.84 Å². The summed E-state index contributed by atoms with van der Waals surface area (Å²) in [6.07, 6.45) is 2.02. The van der Waals surface area contributed by atoms with Gasteiger partial charge in [0, 0.05) is 18.0 Å². The molecule has 1 aromatic carbocycles. The summed E-state index contributed by atoms with van der Waals surface area (Å²) in [6.45, 7) is 3.51. The van der Waals surface area contributed by atoms with Crippen molar-refractivity contribution in [1.82, 2.24) is 9.55 Å². The Hall–Kier alpha value is -2.65. The molecule has 112 valence electrons. The zero-order valence-corrected chi connectivity index (χ0v) is 12.2. The first-order valence-corrected chi connectivity index (χ1v) is 6.88. The van der Waals surface area contributed by atoms with Gasteiger partial charge in [0.15, 0.2) is 0 Å². The number of fused-ring (bicyclic) bond motifs is 1. The Labute approximate surface area is 127 Å². The van der Waals surface area contributed by atoms with Crippen LogP contribution in [0.15, 0.2) is 41.5 Å². The Bertz CT molecular complexity index is 820. The van der Waals surface area contributed by atoms with Crippen LogP contribution in [-0.4, -0.2) is 26.4 Å². The Balaban J connectivity index is 2.26. The van der Waals surface area contributed by atoms with Crippen molar-refractivity contribution in [1.29, 1.82) is 5.26 Å². The second kappa shape index (κ2) is 4.97. The van der Waals surface area contributed by atoms with Crippen molar-refractivity contribution >= 4 is 0 Å². The van der Waals surface area contributed by atoms with Gasteiger partial charge in [0.05, 0.1) is 17.7 Å². The number of nitriles is 1. The summed E-state index contributed by atoms with van der Waals surface area (Å²) in [5.74, 6) is 0.551. The van der Waals surface area contributed by atoms with E-state index in [-0.39, 0.29) is 0 Å². The number of hydrogen-bond acceptors (Lipinski definition) is 5. The first kappa shape index (κ1) is 14.3. The van der Waals surface area contributed by atoms with Crippen molar-refractivity contribution in [2.24, 2.45) is 0 Å². The van der Waals surface area contributed by atoms with Crippen LogP contribution in [0, 0.1) is 11.3 Å². The molecule has 0 saturated carbocycles. The van der Waals surface area contributed by atoms with Crippen LogP contribution in [0.3, 0.4) is 0 Å². The quantitative estimate of drug-likeness (QED) is 0.855. The van der Waals surface area contributed by atoms with Gasteiger partial charge in [-0.25, -0.2) is 9.78 Å². The predicted molar refractivity (Wildman–Crippen MR) is 78.5 cm³/mol. The van der Waals surface area contributed by atoms with E-state index in [2.05, 4.69) is 11.1 Å². The summed E-state index contributed by atoms with van der Waals surface area (Å²) in [7, 11) is 0. The van der Waals surface area contributed by atoms with Crippen LogP contribution in [0.5, 0.6) is 5.75 Å². The molecule has 0 aliphatic carbocycles. The third-order valence-corrected chi connectivity index (χ3v) is 3.88. The van der Waals surface area contributed by atoms with E-state index < -0.39 is 23.4 Å². The number of aliphatic hydroxyl groups excluding tert-OH is 1. The normalized spacial score (nSPS) is 22.3. The molecule has 0 amide bonds.